The van der Waals surface area contributed by atoms with E-state index in [-0.39, 0.29) is 13.2 Å². The zero-order valence-electron chi connectivity index (χ0n) is 11.3. The van der Waals surface area contributed by atoms with Gasteiger partial charge in [-0.15, -0.1) is 0 Å². The van der Waals surface area contributed by atoms with Crippen LogP contribution in [0.5, 0.6) is 0 Å². The molecular formula is C14H17NO6. The van der Waals surface area contributed by atoms with Gasteiger partial charge < -0.3 is 24.4 Å². The first-order chi connectivity index (χ1) is 10.1. The van der Waals surface area contributed by atoms with Crippen molar-refractivity contribution in [2.45, 2.75) is 30.6 Å². The molecule has 1 aromatic carbocycles. The Labute approximate surface area is 121 Å². The number of fused-ring (bicyclic) bond motifs is 1. The van der Waals surface area contributed by atoms with E-state index in [0.717, 1.165) is 5.56 Å². The smallest absolute Gasteiger partial charge is 0.410 e. The van der Waals surface area contributed by atoms with Crippen molar-refractivity contribution in [3.63, 3.8) is 0 Å². The average Bonchev–Trinajstić information content (AvgIpc) is 2.93. The number of carbonyl (C=O) groups excluding carboxylic acids is 1. The first-order valence-electron chi connectivity index (χ1n) is 6.72. The lowest BCUT2D eigenvalue weighted by Gasteiger charge is -2.25. The van der Waals surface area contributed by atoms with Crippen molar-refractivity contribution in [3.8, 4) is 0 Å². The molecule has 4 atom stereocenters. The molecule has 3 rings (SSSR count). The fraction of sp³-hybridized carbons (Fsp3) is 0.500. The van der Waals surface area contributed by atoms with E-state index in [0.29, 0.717) is 6.61 Å². The monoisotopic (exact) mass is 295 g/mol. The topological polar surface area (TPSA) is 97.3 Å². The maximum Gasteiger partial charge on any atom is 0.410 e. The number of nitrogens with one attached hydrogen (secondary N) is 1. The molecule has 0 radical (unpaired) electrons. The lowest BCUT2D eigenvalue weighted by Crippen LogP contribution is -2.52. The minimum Gasteiger partial charge on any atom is -0.438 e. The Morgan fingerprint density at radius 1 is 1.33 bits per heavy atom. The Morgan fingerprint density at radius 3 is 2.81 bits per heavy atom. The highest BCUT2D eigenvalue weighted by atomic mass is 16.7. The third-order valence-electron chi connectivity index (χ3n) is 3.67. The van der Waals surface area contributed by atoms with E-state index in [4.69, 9.17) is 14.2 Å². The molecule has 0 aliphatic carbocycles. The summed E-state index contributed by atoms with van der Waals surface area (Å²) < 4.78 is 16.2. The van der Waals surface area contributed by atoms with Crippen LogP contribution in [0.4, 0.5) is 4.79 Å². The lowest BCUT2D eigenvalue weighted by molar-refractivity contribution is -0.124. The van der Waals surface area contributed by atoms with Crippen LogP contribution >= 0.6 is 0 Å². The minimum absolute atomic E-state index is 0.0197. The highest BCUT2D eigenvalue weighted by Gasteiger charge is 2.62. The van der Waals surface area contributed by atoms with Crippen LogP contribution in [0.25, 0.3) is 0 Å². The maximum atomic E-state index is 11.4. The summed E-state index contributed by atoms with van der Waals surface area (Å²) in [6.07, 6.45) is -3.46. The lowest BCUT2D eigenvalue weighted by atomic mass is 10.0. The van der Waals surface area contributed by atoms with Crippen LogP contribution < -0.4 is 5.32 Å². The van der Waals surface area contributed by atoms with Gasteiger partial charge in [0.05, 0.1) is 19.8 Å². The second-order valence-corrected chi connectivity index (χ2v) is 5.15. The van der Waals surface area contributed by atoms with E-state index in [1.54, 1.807) is 0 Å². The molecule has 114 valence electrons. The number of amides is 1. The molecule has 21 heavy (non-hydrogen) atoms. The summed E-state index contributed by atoms with van der Waals surface area (Å²) in [6.45, 7) is -0.00236. The van der Waals surface area contributed by atoms with Crippen molar-refractivity contribution in [1.29, 1.82) is 0 Å². The second kappa shape index (κ2) is 5.61. The molecule has 0 unspecified atom stereocenters. The summed E-state index contributed by atoms with van der Waals surface area (Å²) in [6, 6.07) is 9.54. The minimum atomic E-state index is -1.25. The van der Waals surface area contributed by atoms with Gasteiger partial charge in [0.15, 0.2) is 6.10 Å². The fourth-order valence-electron chi connectivity index (χ4n) is 2.65. The zero-order valence-corrected chi connectivity index (χ0v) is 11.3. The number of aliphatic hydroxyl groups is 2. The van der Waals surface area contributed by atoms with E-state index >= 15 is 0 Å². The normalized spacial score (nSPS) is 34.4. The van der Waals surface area contributed by atoms with Crippen molar-refractivity contribution in [2.24, 2.45) is 0 Å². The van der Waals surface area contributed by atoms with Gasteiger partial charge in [-0.1, -0.05) is 30.3 Å². The standard InChI is InChI=1S/C14H17NO6/c16-6-10-11(17)12-14(21-10,15-13(18)20-12)8-19-7-9-4-2-1-3-5-9/h1-5,10-12,16-17H,6-8H2,(H,15,18)/t10-,11-,12+,14-/m1/s1. The zero-order chi connectivity index (χ0) is 14.9. The Bertz CT molecular complexity index is 509. The quantitative estimate of drug-likeness (QED) is 0.693. The molecule has 0 saturated carbocycles. The third-order valence-corrected chi connectivity index (χ3v) is 3.67. The number of benzene rings is 1. The van der Waals surface area contributed by atoms with Crippen LogP contribution in [0, 0.1) is 0 Å². The van der Waals surface area contributed by atoms with E-state index < -0.39 is 30.1 Å². The molecule has 7 nitrogen and oxygen atoms in total. The molecule has 3 N–H and O–H groups in total. The van der Waals surface area contributed by atoms with Gasteiger partial charge in [0.1, 0.15) is 12.2 Å². The number of carbonyl (C=O) groups is 1. The van der Waals surface area contributed by atoms with E-state index in [2.05, 4.69) is 5.32 Å². The highest BCUT2D eigenvalue weighted by molar-refractivity contribution is 5.71. The Morgan fingerprint density at radius 2 is 2.10 bits per heavy atom. The maximum absolute atomic E-state index is 11.4. The van der Waals surface area contributed by atoms with Gasteiger partial charge in [0, 0.05) is 0 Å². The molecule has 0 bridgehead atoms. The van der Waals surface area contributed by atoms with Gasteiger partial charge in [-0.3, -0.25) is 5.32 Å². The van der Waals surface area contributed by atoms with Crippen LogP contribution in [0.2, 0.25) is 0 Å². The van der Waals surface area contributed by atoms with Gasteiger partial charge >= 0.3 is 6.09 Å². The first-order valence-corrected chi connectivity index (χ1v) is 6.72. The summed E-state index contributed by atoms with van der Waals surface area (Å²) in [7, 11) is 0. The molecule has 2 fully saturated rings. The molecule has 2 aliphatic rings. The van der Waals surface area contributed by atoms with Crippen molar-refractivity contribution >= 4 is 6.09 Å². The number of hydrogen-bond donors (Lipinski definition) is 3. The average molecular weight is 295 g/mol. The van der Waals surface area contributed by atoms with Crippen LogP contribution in [0.15, 0.2) is 30.3 Å². The van der Waals surface area contributed by atoms with Gasteiger partial charge in [-0.2, -0.15) is 0 Å². The Hall–Kier alpha value is -1.67. The molecular weight excluding hydrogens is 278 g/mol. The van der Waals surface area contributed by atoms with Gasteiger partial charge in [-0.25, -0.2) is 4.79 Å². The molecule has 1 aromatic rings. The number of hydrogen-bond acceptors (Lipinski definition) is 6. The molecule has 0 aromatic heterocycles. The Balaban J connectivity index is 1.66. The van der Waals surface area contributed by atoms with E-state index in [1.165, 1.54) is 0 Å². The van der Waals surface area contributed by atoms with Gasteiger partial charge in [0.2, 0.25) is 5.72 Å². The number of alkyl carbamates (subject to hydrolysis) is 1. The summed E-state index contributed by atoms with van der Waals surface area (Å²) in [5.74, 6) is 0. The third kappa shape index (κ3) is 2.60. The molecule has 1 amide bonds. The molecule has 2 aliphatic heterocycles. The van der Waals surface area contributed by atoms with Crippen molar-refractivity contribution in [2.75, 3.05) is 13.2 Å². The number of aliphatic hydroxyl groups excluding tert-OH is 2. The second-order valence-electron chi connectivity index (χ2n) is 5.15. The molecule has 0 spiro atoms. The van der Waals surface area contributed by atoms with Crippen LogP contribution in [-0.4, -0.2) is 53.6 Å². The largest absolute Gasteiger partial charge is 0.438 e. The van der Waals surface area contributed by atoms with E-state index in [9.17, 15) is 15.0 Å². The van der Waals surface area contributed by atoms with Gasteiger partial charge in [0.25, 0.3) is 0 Å². The summed E-state index contributed by atoms with van der Waals surface area (Å²) in [5.41, 5.74) is -0.272. The van der Waals surface area contributed by atoms with Crippen LogP contribution in [-0.2, 0) is 20.8 Å². The number of ether oxygens (including phenoxy) is 3. The predicted molar refractivity (Wildman–Crippen MR) is 70.2 cm³/mol. The van der Waals surface area contributed by atoms with E-state index in [1.807, 2.05) is 30.3 Å². The first kappa shape index (κ1) is 14.3. The highest BCUT2D eigenvalue weighted by Crippen LogP contribution is 2.36. The summed E-state index contributed by atoms with van der Waals surface area (Å²) in [4.78, 5) is 11.4. The van der Waals surface area contributed by atoms with Gasteiger partial charge in [-0.05, 0) is 5.56 Å². The summed E-state index contributed by atoms with van der Waals surface area (Å²) >= 11 is 0. The molecule has 2 saturated heterocycles. The molecule has 7 heteroatoms. The predicted octanol–water partition coefficient (Wildman–Crippen LogP) is -0.240. The number of rotatable bonds is 5. The van der Waals surface area contributed by atoms with Crippen LogP contribution in [0.1, 0.15) is 5.56 Å². The van der Waals surface area contributed by atoms with Crippen molar-refractivity contribution in [1.82, 2.24) is 5.32 Å². The van der Waals surface area contributed by atoms with Crippen LogP contribution in [0.3, 0.4) is 0 Å². The van der Waals surface area contributed by atoms with Crippen molar-refractivity contribution in [3.05, 3.63) is 35.9 Å². The van der Waals surface area contributed by atoms with Crippen molar-refractivity contribution < 1.29 is 29.2 Å². The molecule has 2 heterocycles. The Kier molecular flexibility index (Phi) is 3.81. The summed E-state index contributed by atoms with van der Waals surface area (Å²) in [5, 5.41) is 21.7. The SMILES string of the molecule is O=C1N[C@]2(COCc3ccccc3)O[C@H](CO)[C@@H](O)[C@@H]2O1. The fourth-order valence-corrected chi connectivity index (χ4v) is 2.65.